The minimum atomic E-state index is 0. The van der Waals surface area contributed by atoms with Crippen LogP contribution >= 0.6 is 11.6 Å². The topological polar surface area (TPSA) is 0 Å². The summed E-state index contributed by atoms with van der Waals surface area (Å²) in [5.74, 6) is 0.584. The molecule has 0 bridgehead atoms. The zero-order chi connectivity index (χ0) is 26.4. The van der Waals surface area contributed by atoms with Gasteiger partial charge >= 0.3 is 30.2 Å². The molecular formula is C36H35ClSiZr-4. The van der Waals surface area contributed by atoms with Crippen LogP contribution in [0.25, 0.3) is 43.8 Å². The molecule has 0 fully saturated rings. The molecule has 6 rings (SSSR count). The van der Waals surface area contributed by atoms with E-state index in [0.29, 0.717) is 5.92 Å². The van der Waals surface area contributed by atoms with Crippen molar-refractivity contribution in [3.8, 4) is 22.3 Å². The zero-order valence-corrected chi connectivity index (χ0v) is 27.6. The van der Waals surface area contributed by atoms with E-state index in [9.17, 15) is 0 Å². The summed E-state index contributed by atoms with van der Waals surface area (Å²) in [5, 5.41) is 5.92. The van der Waals surface area contributed by atoms with Gasteiger partial charge in [0.15, 0.2) is 0 Å². The van der Waals surface area contributed by atoms with E-state index in [1.54, 1.807) is 0 Å². The quantitative estimate of drug-likeness (QED) is 0.136. The Bertz CT molecular complexity index is 1590. The maximum atomic E-state index is 6.23. The first kappa shape index (κ1) is 32.7. The Labute approximate surface area is 257 Å². The van der Waals surface area contributed by atoms with Crippen molar-refractivity contribution in [1.82, 2.24) is 0 Å². The molecule has 6 aromatic rings. The van der Waals surface area contributed by atoms with Gasteiger partial charge in [0.2, 0.25) is 0 Å². The minimum absolute atomic E-state index is 0. The molecular weight excluding hydrogens is 587 g/mol. The Morgan fingerprint density at radius 3 is 1.79 bits per heavy atom. The van der Waals surface area contributed by atoms with Crippen LogP contribution in [0, 0.1) is 21.8 Å². The van der Waals surface area contributed by atoms with E-state index in [0.717, 1.165) is 10.4 Å². The molecule has 39 heavy (non-hydrogen) atoms. The number of hydrogen-bond acceptors (Lipinski definition) is 0. The standard InChI is InChI=1S/C18H17.C16H12Cl.2CH3.Si.Zr/c1-13(2)16-11-15-9-6-10-17(18(15)12-16)14-7-4-3-5-8-14;1-11-9-14-13(12-5-3-2-4-6-12)7-8-16(17)15(14)10-11;;;;/h3-13H,1-2H3;2-10H,1H3;2*1H3;;/q4*-1;;. The van der Waals surface area contributed by atoms with Crippen LogP contribution in [0.15, 0.2) is 115 Å². The first-order valence-electron chi connectivity index (χ1n) is 12.4. The zero-order valence-electron chi connectivity index (χ0n) is 23.4. The molecule has 3 heteroatoms. The third-order valence-electron chi connectivity index (χ3n) is 6.59. The van der Waals surface area contributed by atoms with Crippen molar-refractivity contribution >= 4 is 40.0 Å². The molecule has 6 aromatic carbocycles. The normalized spacial score (nSPS) is 10.1. The number of rotatable bonds is 3. The molecule has 0 aliphatic rings. The molecule has 0 nitrogen and oxygen atoms in total. The molecule has 2 radical (unpaired) electrons. The van der Waals surface area contributed by atoms with E-state index >= 15 is 0 Å². The van der Waals surface area contributed by atoms with Crippen molar-refractivity contribution in [2.24, 2.45) is 0 Å². The van der Waals surface area contributed by atoms with E-state index < -0.39 is 0 Å². The molecule has 0 unspecified atom stereocenters. The fourth-order valence-corrected chi connectivity index (χ4v) is 4.96. The van der Waals surface area contributed by atoms with Gasteiger partial charge in [-0.2, -0.15) is 12.1 Å². The summed E-state index contributed by atoms with van der Waals surface area (Å²) >= 11 is 7.59. The summed E-state index contributed by atoms with van der Waals surface area (Å²) in [6, 6.07) is 40.7. The third-order valence-corrected chi connectivity index (χ3v) is 6.92. The molecule has 0 aliphatic carbocycles. The van der Waals surface area contributed by atoms with Gasteiger partial charge in [-0.05, 0) is 22.1 Å². The Balaban J connectivity index is 0.000000246. The predicted octanol–water partition coefficient (Wildman–Crippen LogP) is 11.1. The number of fused-ring (bicyclic) bond motifs is 2. The summed E-state index contributed by atoms with van der Waals surface area (Å²) in [6.45, 7) is 9.66. The second-order valence-corrected chi connectivity index (χ2v) is 9.85. The van der Waals surface area contributed by atoms with Crippen LogP contribution in [-0.2, 0) is 23.3 Å². The SMILES string of the molecule is CC(C)c1cc2c(-c3ccccc3)cccc2[cH-]1.Cc1cc2c(-c3ccccc3)ccc(Cl)c2[cH-]1.[CH3-].[CH3-].[Si]=[Zr]. The third kappa shape index (κ3) is 7.57. The maximum absolute atomic E-state index is 6.23. The van der Waals surface area contributed by atoms with Crippen LogP contribution in [0.4, 0.5) is 0 Å². The number of hydrogen-bond donors (Lipinski definition) is 0. The molecule has 0 saturated heterocycles. The van der Waals surface area contributed by atoms with Gasteiger partial charge in [-0.15, -0.1) is 68.5 Å². The summed E-state index contributed by atoms with van der Waals surface area (Å²) in [7, 11) is 0. The summed E-state index contributed by atoms with van der Waals surface area (Å²) in [5.41, 5.74) is 7.79. The Morgan fingerprint density at radius 2 is 1.23 bits per heavy atom. The summed E-state index contributed by atoms with van der Waals surface area (Å²) in [6.07, 6.45) is 0. The van der Waals surface area contributed by atoms with Crippen molar-refractivity contribution in [2.75, 3.05) is 0 Å². The molecule has 0 N–H and O–H groups in total. The summed E-state index contributed by atoms with van der Waals surface area (Å²) in [4.78, 5) is 0. The van der Waals surface area contributed by atoms with Gasteiger partial charge in [0.1, 0.15) is 0 Å². The fraction of sp³-hybridized carbons (Fsp3) is 0.111. The van der Waals surface area contributed by atoms with Gasteiger partial charge in [0.05, 0.1) is 0 Å². The molecule has 198 valence electrons. The average Bonchev–Trinajstić information content (AvgIpc) is 3.56. The van der Waals surface area contributed by atoms with E-state index in [1.165, 1.54) is 72.9 Å². The summed E-state index contributed by atoms with van der Waals surface area (Å²) < 4.78 is 0. The Morgan fingerprint density at radius 1 is 0.667 bits per heavy atom. The van der Waals surface area contributed by atoms with E-state index in [2.05, 4.69) is 131 Å². The molecule has 0 aliphatic heterocycles. The van der Waals surface area contributed by atoms with Crippen molar-refractivity contribution in [3.05, 3.63) is 146 Å². The first-order chi connectivity index (χ1) is 18.0. The van der Waals surface area contributed by atoms with E-state index in [4.69, 9.17) is 11.6 Å². The van der Waals surface area contributed by atoms with Crippen LogP contribution < -0.4 is 0 Å². The van der Waals surface area contributed by atoms with Crippen LogP contribution in [-0.4, -0.2) is 6.88 Å². The first-order valence-corrected chi connectivity index (χ1v) is 17.0. The van der Waals surface area contributed by atoms with Crippen molar-refractivity contribution in [3.63, 3.8) is 0 Å². The molecule has 0 amide bonds. The van der Waals surface area contributed by atoms with Crippen LogP contribution in [0.1, 0.15) is 30.9 Å². The van der Waals surface area contributed by atoms with Gasteiger partial charge < -0.3 is 14.9 Å². The van der Waals surface area contributed by atoms with Crippen molar-refractivity contribution < 1.29 is 23.3 Å². The van der Waals surface area contributed by atoms with E-state index in [-0.39, 0.29) is 14.9 Å². The molecule has 0 aromatic heterocycles. The fourth-order valence-electron chi connectivity index (χ4n) is 4.74. The molecule has 0 heterocycles. The second-order valence-electron chi connectivity index (χ2n) is 9.44. The average molecular weight is 622 g/mol. The van der Waals surface area contributed by atoms with Crippen LogP contribution in [0.2, 0.25) is 5.02 Å². The van der Waals surface area contributed by atoms with Crippen LogP contribution in [0.5, 0.6) is 0 Å². The Hall–Kier alpha value is -2.51. The molecule has 0 saturated carbocycles. The number of aryl methyl sites for hydroxylation is 1. The number of benzene rings is 4. The van der Waals surface area contributed by atoms with Crippen molar-refractivity contribution in [2.45, 2.75) is 26.7 Å². The van der Waals surface area contributed by atoms with Gasteiger partial charge in [-0.25, -0.2) is 0 Å². The second kappa shape index (κ2) is 15.3. The van der Waals surface area contributed by atoms with Gasteiger partial charge in [0.25, 0.3) is 0 Å². The molecule has 0 atom stereocenters. The van der Waals surface area contributed by atoms with Crippen molar-refractivity contribution in [1.29, 1.82) is 0 Å². The Kier molecular flexibility index (Phi) is 12.8. The van der Waals surface area contributed by atoms with E-state index in [1.807, 2.05) is 12.1 Å². The van der Waals surface area contributed by atoms with Gasteiger partial charge in [-0.1, -0.05) is 111 Å². The van der Waals surface area contributed by atoms with Crippen LogP contribution in [0.3, 0.4) is 0 Å². The van der Waals surface area contributed by atoms with Gasteiger partial charge in [-0.3, -0.25) is 0 Å². The predicted molar refractivity (Wildman–Crippen MR) is 172 cm³/mol. The van der Waals surface area contributed by atoms with Gasteiger partial charge in [0, 0.05) is 0 Å². The molecule has 0 spiro atoms. The monoisotopic (exact) mass is 620 g/mol. The number of halogens is 1.